The third-order valence-corrected chi connectivity index (χ3v) is 3.55. The number of hydrogen-bond donors (Lipinski definition) is 1. The molecule has 0 fully saturated rings. The molecule has 0 saturated carbocycles. The Kier molecular flexibility index (Phi) is 3.07. The fourth-order valence-electron chi connectivity index (χ4n) is 2.48. The van der Waals surface area contributed by atoms with E-state index in [4.69, 9.17) is 9.47 Å². The van der Waals surface area contributed by atoms with Crippen LogP contribution in [0.2, 0.25) is 0 Å². The van der Waals surface area contributed by atoms with E-state index in [2.05, 4.69) is 10.3 Å². The van der Waals surface area contributed by atoms with Crippen molar-refractivity contribution in [2.45, 2.75) is 0 Å². The third kappa shape index (κ3) is 2.22. The van der Waals surface area contributed by atoms with Crippen molar-refractivity contribution in [3.05, 3.63) is 42.7 Å². The van der Waals surface area contributed by atoms with E-state index in [0.717, 1.165) is 34.1 Å². The molecule has 112 valence electrons. The van der Waals surface area contributed by atoms with Crippen LogP contribution in [0.25, 0.3) is 16.9 Å². The van der Waals surface area contributed by atoms with Gasteiger partial charge in [0.05, 0.1) is 5.69 Å². The summed E-state index contributed by atoms with van der Waals surface area (Å²) in [6.07, 6.45) is 3.85. The Bertz CT molecular complexity index is 831. The number of pyridine rings is 1. The average Bonchev–Trinajstić information content (AvgIpc) is 3.17. The Labute approximate surface area is 126 Å². The predicted molar refractivity (Wildman–Crippen MR) is 81.2 cm³/mol. The van der Waals surface area contributed by atoms with E-state index in [-0.39, 0.29) is 6.79 Å². The van der Waals surface area contributed by atoms with Crippen molar-refractivity contribution >= 4 is 11.3 Å². The van der Waals surface area contributed by atoms with E-state index in [1.54, 1.807) is 0 Å². The highest BCUT2D eigenvalue weighted by Gasteiger charge is 2.15. The minimum atomic E-state index is -0.401. The quantitative estimate of drug-likeness (QED) is 0.804. The first-order valence-electron chi connectivity index (χ1n) is 7.02. The van der Waals surface area contributed by atoms with Crippen molar-refractivity contribution in [2.75, 3.05) is 25.3 Å². The first-order valence-corrected chi connectivity index (χ1v) is 7.02. The normalized spacial score (nSPS) is 12.8. The largest absolute Gasteiger partial charge is 0.454 e. The molecule has 22 heavy (non-hydrogen) atoms. The van der Waals surface area contributed by atoms with E-state index in [9.17, 15) is 4.39 Å². The fraction of sp³-hybridized carbons (Fsp3) is 0.188. The van der Waals surface area contributed by atoms with Gasteiger partial charge in [0, 0.05) is 36.3 Å². The van der Waals surface area contributed by atoms with E-state index >= 15 is 0 Å². The van der Waals surface area contributed by atoms with Crippen LogP contribution in [0.3, 0.4) is 0 Å². The lowest BCUT2D eigenvalue weighted by atomic mass is 10.1. The molecule has 0 atom stereocenters. The van der Waals surface area contributed by atoms with Crippen LogP contribution in [-0.2, 0) is 0 Å². The topological polar surface area (TPSA) is 47.8 Å². The zero-order chi connectivity index (χ0) is 14.9. The van der Waals surface area contributed by atoms with Crippen molar-refractivity contribution < 1.29 is 13.9 Å². The maximum atomic E-state index is 12.2. The molecule has 0 radical (unpaired) electrons. The number of hydrogen-bond acceptors (Lipinski definition) is 4. The van der Waals surface area contributed by atoms with Gasteiger partial charge >= 0.3 is 0 Å². The second kappa shape index (κ2) is 5.22. The molecule has 0 bridgehead atoms. The molecule has 0 aliphatic carbocycles. The summed E-state index contributed by atoms with van der Waals surface area (Å²) in [5, 5.41) is 3.00. The second-order valence-electron chi connectivity index (χ2n) is 4.99. The molecule has 0 unspecified atom stereocenters. The Morgan fingerprint density at radius 3 is 3.00 bits per heavy atom. The average molecular weight is 299 g/mol. The number of imidazole rings is 1. The van der Waals surface area contributed by atoms with Crippen LogP contribution in [0, 0.1) is 0 Å². The maximum Gasteiger partial charge on any atom is 0.231 e. The first-order chi connectivity index (χ1) is 10.8. The molecule has 4 rings (SSSR count). The van der Waals surface area contributed by atoms with Crippen molar-refractivity contribution in [2.24, 2.45) is 0 Å². The Balaban J connectivity index is 1.70. The monoisotopic (exact) mass is 299 g/mol. The molecule has 0 amide bonds. The summed E-state index contributed by atoms with van der Waals surface area (Å²) in [4.78, 5) is 4.61. The molecule has 3 aromatic rings. The fourth-order valence-corrected chi connectivity index (χ4v) is 2.48. The minimum Gasteiger partial charge on any atom is -0.454 e. The highest BCUT2D eigenvalue weighted by Crippen LogP contribution is 2.35. The van der Waals surface area contributed by atoms with Gasteiger partial charge in [0.25, 0.3) is 0 Å². The number of anilines is 1. The summed E-state index contributed by atoms with van der Waals surface area (Å²) >= 11 is 0. The van der Waals surface area contributed by atoms with Gasteiger partial charge in [-0.15, -0.1) is 0 Å². The van der Waals surface area contributed by atoms with Gasteiger partial charge in [-0.25, -0.2) is 9.37 Å². The summed E-state index contributed by atoms with van der Waals surface area (Å²) < 4.78 is 24.9. The van der Waals surface area contributed by atoms with Gasteiger partial charge < -0.3 is 19.2 Å². The minimum absolute atomic E-state index is 0.257. The van der Waals surface area contributed by atoms with Gasteiger partial charge in [0.1, 0.15) is 12.3 Å². The molecule has 0 saturated heterocycles. The summed E-state index contributed by atoms with van der Waals surface area (Å²) in [7, 11) is 0. The number of ether oxygens (including phenoxy) is 2. The van der Waals surface area contributed by atoms with Gasteiger partial charge in [-0.1, -0.05) is 0 Å². The number of benzene rings is 1. The summed E-state index contributed by atoms with van der Waals surface area (Å²) in [6, 6.07) is 9.56. The number of alkyl halides is 1. The molecular formula is C16H14FN3O2. The molecule has 1 aliphatic heterocycles. The highest BCUT2D eigenvalue weighted by molar-refractivity contribution is 5.68. The van der Waals surface area contributed by atoms with Crippen molar-refractivity contribution in [1.29, 1.82) is 0 Å². The van der Waals surface area contributed by atoms with Crippen LogP contribution in [0.15, 0.2) is 42.7 Å². The third-order valence-electron chi connectivity index (χ3n) is 3.55. The molecule has 1 aromatic carbocycles. The molecule has 2 aromatic heterocycles. The van der Waals surface area contributed by atoms with Crippen molar-refractivity contribution in [1.82, 2.24) is 9.38 Å². The smallest absolute Gasteiger partial charge is 0.231 e. The van der Waals surface area contributed by atoms with Crippen LogP contribution >= 0.6 is 0 Å². The molecule has 3 heterocycles. The van der Waals surface area contributed by atoms with E-state index in [1.807, 2.05) is 47.1 Å². The lowest BCUT2D eigenvalue weighted by molar-refractivity contribution is 0.174. The number of halogens is 1. The Hall–Kier alpha value is -2.76. The second-order valence-corrected chi connectivity index (χ2v) is 4.99. The Morgan fingerprint density at radius 2 is 2.09 bits per heavy atom. The van der Waals surface area contributed by atoms with E-state index in [0.29, 0.717) is 6.54 Å². The van der Waals surface area contributed by atoms with Gasteiger partial charge in [-0.05, 0) is 24.3 Å². The van der Waals surface area contributed by atoms with Crippen LogP contribution in [0.5, 0.6) is 11.5 Å². The molecule has 6 heteroatoms. The Morgan fingerprint density at radius 1 is 1.18 bits per heavy atom. The van der Waals surface area contributed by atoms with Gasteiger partial charge in [-0.3, -0.25) is 0 Å². The maximum absolute atomic E-state index is 12.2. The van der Waals surface area contributed by atoms with Crippen molar-refractivity contribution in [3.8, 4) is 22.8 Å². The summed E-state index contributed by atoms with van der Waals surface area (Å²) in [6.45, 7) is 0.154. The molecular weight excluding hydrogens is 285 g/mol. The van der Waals surface area contributed by atoms with Gasteiger partial charge in [0.15, 0.2) is 11.5 Å². The zero-order valence-corrected chi connectivity index (χ0v) is 11.8. The SMILES string of the molecule is FCCNc1ccn2cc(-c3ccc4c(c3)OCO4)nc2c1. The molecule has 1 aliphatic rings. The number of nitrogens with one attached hydrogen (secondary N) is 1. The number of nitrogens with zero attached hydrogens (tertiary/aromatic N) is 2. The van der Waals surface area contributed by atoms with E-state index < -0.39 is 6.67 Å². The number of fused-ring (bicyclic) bond motifs is 2. The molecule has 0 spiro atoms. The predicted octanol–water partition coefficient (Wildman–Crippen LogP) is 3.11. The van der Waals surface area contributed by atoms with Crippen LogP contribution in [0.1, 0.15) is 0 Å². The van der Waals surface area contributed by atoms with Crippen LogP contribution in [-0.4, -0.2) is 29.4 Å². The summed E-state index contributed by atoms with van der Waals surface area (Å²) in [5.41, 5.74) is 3.47. The van der Waals surface area contributed by atoms with Gasteiger partial charge in [-0.2, -0.15) is 0 Å². The lowest BCUT2D eigenvalue weighted by Crippen LogP contribution is -2.02. The number of rotatable bonds is 4. The highest BCUT2D eigenvalue weighted by atomic mass is 19.1. The number of aromatic nitrogens is 2. The van der Waals surface area contributed by atoms with Crippen LogP contribution in [0.4, 0.5) is 10.1 Å². The molecule has 1 N–H and O–H groups in total. The standard InChI is InChI=1S/C16H14FN3O2/c17-4-5-18-12-3-6-20-9-13(19-16(20)8-12)11-1-2-14-15(7-11)22-10-21-14/h1-3,6-9,18H,4-5,10H2. The lowest BCUT2D eigenvalue weighted by Gasteiger charge is -2.03. The molecule has 5 nitrogen and oxygen atoms in total. The summed E-state index contributed by atoms with van der Waals surface area (Å²) in [5.74, 6) is 1.49. The van der Waals surface area contributed by atoms with Gasteiger partial charge in [0.2, 0.25) is 6.79 Å². The first kappa shape index (κ1) is 12.9. The van der Waals surface area contributed by atoms with Crippen molar-refractivity contribution in [3.63, 3.8) is 0 Å². The van der Waals surface area contributed by atoms with E-state index in [1.165, 1.54) is 0 Å². The zero-order valence-electron chi connectivity index (χ0n) is 11.8. The van der Waals surface area contributed by atoms with Crippen LogP contribution < -0.4 is 14.8 Å².